The van der Waals surface area contributed by atoms with E-state index in [2.05, 4.69) is 15.3 Å². The third-order valence-electron chi connectivity index (χ3n) is 4.13. The first kappa shape index (κ1) is 16.5. The normalized spacial score (nSPS) is 12.9. The Morgan fingerprint density at radius 1 is 1.38 bits per heavy atom. The van der Waals surface area contributed by atoms with Crippen LogP contribution in [0.15, 0.2) is 27.6 Å². The van der Waals surface area contributed by atoms with Crippen molar-refractivity contribution in [3.63, 3.8) is 0 Å². The fourth-order valence-electron chi connectivity index (χ4n) is 2.96. The van der Waals surface area contributed by atoms with Crippen LogP contribution in [-0.2, 0) is 29.0 Å². The molecule has 1 amide bonds. The van der Waals surface area contributed by atoms with Crippen molar-refractivity contribution < 1.29 is 18.7 Å². The molecule has 3 heterocycles. The highest BCUT2D eigenvalue weighted by molar-refractivity contribution is 7.18. The lowest BCUT2D eigenvalue weighted by Gasteiger charge is -2.05. The number of fused-ring (bicyclic) bond motifs is 3. The van der Waals surface area contributed by atoms with E-state index in [1.165, 1.54) is 28.5 Å². The van der Waals surface area contributed by atoms with Crippen LogP contribution >= 0.6 is 11.3 Å². The third kappa shape index (κ3) is 3.13. The smallest absolute Gasteiger partial charge is 0.325 e. The fourth-order valence-corrected chi connectivity index (χ4v) is 4.24. The van der Waals surface area contributed by atoms with Crippen LogP contribution in [0.3, 0.4) is 0 Å². The Morgan fingerprint density at radius 2 is 2.27 bits per heavy atom. The molecular weight excluding hydrogens is 358 g/mol. The number of carbonyl (C=O) groups is 2. The van der Waals surface area contributed by atoms with Crippen LogP contribution in [0.2, 0.25) is 0 Å². The lowest BCUT2D eigenvalue weighted by atomic mass is 10.2. The molecule has 3 aromatic heterocycles. The summed E-state index contributed by atoms with van der Waals surface area (Å²) in [5, 5.41) is 3.05. The summed E-state index contributed by atoms with van der Waals surface area (Å²) in [6.45, 7) is -0.470. The largest absolute Gasteiger partial charge is 0.459 e. The number of carbonyl (C=O) groups excluding carboxylic acids is 2. The number of furan rings is 1. The molecule has 0 aliphatic heterocycles. The molecule has 0 saturated heterocycles. The van der Waals surface area contributed by atoms with Crippen molar-refractivity contribution in [2.24, 2.45) is 0 Å². The minimum atomic E-state index is -0.638. The zero-order chi connectivity index (χ0) is 18.1. The van der Waals surface area contributed by atoms with Gasteiger partial charge in [0.1, 0.15) is 23.8 Å². The average molecular weight is 373 g/mol. The van der Waals surface area contributed by atoms with Crippen molar-refractivity contribution in [1.29, 1.82) is 0 Å². The number of esters is 1. The predicted molar refractivity (Wildman–Crippen MR) is 93.1 cm³/mol. The first-order valence-corrected chi connectivity index (χ1v) is 8.94. The van der Waals surface area contributed by atoms with Crippen molar-refractivity contribution in [2.45, 2.75) is 25.9 Å². The molecule has 0 spiro atoms. The van der Waals surface area contributed by atoms with Crippen molar-refractivity contribution in [2.75, 3.05) is 6.54 Å². The maximum absolute atomic E-state index is 12.3. The van der Waals surface area contributed by atoms with Gasteiger partial charge in [-0.15, -0.1) is 11.3 Å². The number of aromatic amines is 1. The predicted octanol–water partition coefficient (Wildman–Crippen LogP) is 1.54. The number of aryl methyl sites for hydroxylation is 2. The SMILES string of the molecule is O=C(CNC(=O)c1ccco1)OCc1nc2sc3c(c2c(=O)[nH]1)CCC3. The van der Waals surface area contributed by atoms with Gasteiger partial charge in [0.05, 0.1) is 11.6 Å². The Bertz CT molecular complexity index is 1030. The summed E-state index contributed by atoms with van der Waals surface area (Å²) >= 11 is 1.52. The fraction of sp³-hybridized carbons (Fsp3) is 0.294. The molecule has 0 saturated carbocycles. The van der Waals surface area contributed by atoms with Gasteiger partial charge in [-0.1, -0.05) is 0 Å². The second-order valence-corrected chi connectivity index (χ2v) is 6.95. The zero-order valence-electron chi connectivity index (χ0n) is 13.7. The van der Waals surface area contributed by atoms with Crippen LogP contribution in [0.25, 0.3) is 10.2 Å². The number of aromatic nitrogens is 2. The van der Waals surface area contributed by atoms with E-state index < -0.39 is 11.9 Å². The van der Waals surface area contributed by atoms with Gasteiger partial charge in [-0.2, -0.15) is 0 Å². The topological polar surface area (TPSA) is 114 Å². The molecule has 3 aromatic rings. The van der Waals surface area contributed by atoms with E-state index in [-0.39, 0.29) is 30.3 Å². The molecular formula is C17H15N3O5S. The van der Waals surface area contributed by atoms with Crippen LogP contribution in [0.1, 0.15) is 33.2 Å². The van der Waals surface area contributed by atoms with Crippen LogP contribution in [0, 0.1) is 0 Å². The molecule has 134 valence electrons. The van der Waals surface area contributed by atoms with Gasteiger partial charge in [-0.05, 0) is 37.0 Å². The van der Waals surface area contributed by atoms with E-state index in [9.17, 15) is 14.4 Å². The number of amides is 1. The van der Waals surface area contributed by atoms with Gasteiger partial charge in [-0.3, -0.25) is 14.4 Å². The summed E-state index contributed by atoms with van der Waals surface area (Å²) < 4.78 is 9.99. The minimum Gasteiger partial charge on any atom is -0.459 e. The van der Waals surface area contributed by atoms with E-state index in [4.69, 9.17) is 9.15 Å². The molecule has 0 unspecified atom stereocenters. The number of nitrogens with one attached hydrogen (secondary N) is 2. The van der Waals surface area contributed by atoms with E-state index in [0.717, 1.165) is 24.8 Å². The number of hydrogen-bond acceptors (Lipinski definition) is 7. The summed E-state index contributed by atoms with van der Waals surface area (Å²) in [4.78, 5) is 44.7. The van der Waals surface area contributed by atoms with E-state index in [1.54, 1.807) is 6.07 Å². The molecule has 0 aromatic carbocycles. The number of nitrogens with zero attached hydrogens (tertiary/aromatic N) is 1. The maximum atomic E-state index is 12.3. The van der Waals surface area contributed by atoms with Gasteiger partial charge in [-0.25, -0.2) is 4.98 Å². The number of rotatable bonds is 5. The molecule has 26 heavy (non-hydrogen) atoms. The number of H-pyrrole nitrogens is 1. The Labute approximate surface area is 151 Å². The Balaban J connectivity index is 1.38. The lowest BCUT2D eigenvalue weighted by Crippen LogP contribution is -2.30. The first-order chi connectivity index (χ1) is 12.6. The second-order valence-electron chi connectivity index (χ2n) is 5.87. The molecule has 8 nitrogen and oxygen atoms in total. The van der Waals surface area contributed by atoms with Crippen LogP contribution in [0.4, 0.5) is 0 Å². The van der Waals surface area contributed by atoms with Gasteiger partial charge in [0, 0.05) is 4.88 Å². The molecule has 0 bridgehead atoms. The minimum absolute atomic E-state index is 0.111. The second kappa shape index (κ2) is 6.75. The molecule has 1 aliphatic carbocycles. The van der Waals surface area contributed by atoms with E-state index in [0.29, 0.717) is 10.2 Å². The van der Waals surface area contributed by atoms with Gasteiger partial charge in [0.15, 0.2) is 5.76 Å². The molecule has 0 fully saturated rings. The molecule has 2 N–H and O–H groups in total. The molecule has 0 atom stereocenters. The molecule has 1 aliphatic rings. The lowest BCUT2D eigenvalue weighted by molar-refractivity contribution is -0.143. The summed E-state index contributed by atoms with van der Waals surface area (Å²) in [7, 11) is 0. The highest BCUT2D eigenvalue weighted by Gasteiger charge is 2.21. The highest BCUT2D eigenvalue weighted by Crippen LogP contribution is 2.34. The highest BCUT2D eigenvalue weighted by atomic mass is 32.1. The van der Waals surface area contributed by atoms with Crippen LogP contribution in [-0.4, -0.2) is 28.4 Å². The van der Waals surface area contributed by atoms with Crippen LogP contribution in [0.5, 0.6) is 0 Å². The van der Waals surface area contributed by atoms with Crippen molar-refractivity contribution in [1.82, 2.24) is 15.3 Å². The van der Waals surface area contributed by atoms with Gasteiger partial charge < -0.3 is 19.5 Å². The Morgan fingerprint density at radius 3 is 3.08 bits per heavy atom. The molecule has 0 radical (unpaired) electrons. The van der Waals surface area contributed by atoms with Crippen molar-refractivity contribution >= 4 is 33.4 Å². The van der Waals surface area contributed by atoms with Crippen molar-refractivity contribution in [3.05, 3.63) is 50.8 Å². The average Bonchev–Trinajstić information content (AvgIpc) is 3.33. The van der Waals surface area contributed by atoms with Gasteiger partial charge in [0.2, 0.25) is 0 Å². The Hall–Kier alpha value is -2.94. The van der Waals surface area contributed by atoms with Gasteiger partial charge in [0.25, 0.3) is 11.5 Å². The quantitative estimate of drug-likeness (QED) is 0.656. The van der Waals surface area contributed by atoms with E-state index >= 15 is 0 Å². The third-order valence-corrected chi connectivity index (χ3v) is 5.32. The van der Waals surface area contributed by atoms with E-state index in [1.807, 2.05) is 0 Å². The summed E-state index contributed by atoms with van der Waals surface area (Å²) in [5.74, 6) is -0.748. The first-order valence-electron chi connectivity index (χ1n) is 8.12. The Kier molecular flexibility index (Phi) is 4.29. The molecule has 9 heteroatoms. The zero-order valence-corrected chi connectivity index (χ0v) is 14.5. The summed E-state index contributed by atoms with van der Waals surface area (Å²) in [6.07, 6.45) is 4.32. The number of ether oxygens (including phenoxy) is 1. The monoisotopic (exact) mass is 373 g/mol. The standard InChI is InChI=1S/C17H15N3O5S/c21-13(7-18-15(22)10-4-2-6-24-10)25-8-12-19-16(23)14-9-3-1-5-11(9)26-17(14)20-12/h2,4,6H,1,3,5,7-8H2,(H,18,22)(H,19,20,23). The molecule has 4 rings (SSSR count). The summed E-state index contributed by atoms with van der Waals surface area (Å²) in [5.41, 5.74) is 0.898. The van der Waals surface area contributed by atoms with Crippen LogP contribution < -0.4 is 10.9 Å². The maximum Gasteiger partial charge on any atom is 0.325 e. The summed E-state index contributed by atoms with van der Waals surface area (Å²) in [6, 6.07) is 3.06. The number of thiophene rings is 1. The number of hydrogen-bond donors (Lipinski definition) is 2. The van der Waals surface area contributed by atoms with Gasteiger partial charge >= 0.3 is 5.97 Å². The van der Waals surface area contributed by atoms with Crippen molar-refractivity contribution in [3.8, 4) is 0 Å².